The topological polar surface area (TPSA) is 70.9 Å². The van der Waals surface area contributed by atoms with E-state index in [0.29, 0.717) is 5.56 Å². The Morgan fingerprint density at radius 3 is 2.62 bits per heavy atom. The van der Waals surface area contributed by atoms with E-state index < -0.39 is 5.91 Å². The molecule has 118 valence electrons. The largest absolute Gasteiger partial charge is 0.449 e. The molecule has 3 aromatic rings. The van der Waals surface area contributed by atoms with E-state index >= 15 is 0 Å². The van der Waals surface area contributed by atoms with Gasteiger partial charge in [0.1, 0.15) is 11.1 Å². The molecule has 1 unspecified atom stereocenters. The first-order valence-corrected chi connectivity index (χ1v) is 8.56. The van der Waals surface area contributed by atoms with Gasteiger partial charge in [0.05, 0.1) is 6.21 Å². The van der Waals surface area contributed by atoms with E-state index in [1.807, 2.05) is 48.7 Å². The van der Waals surface area contributed by atoms with Gasteiger partial charge in [-0.15, -0.1) is 0 Å². The molecule has 0 bridgehead atoms. The molecule has 2 heterocycles. The van der Waals surface area contributed by atoms with Crippen molar-refractivity contribution in [3.05, 3.63) is 70.4 Å². The summed E-state index contributed by atoms with van der Waals surface area (Å²) in [5.74, 6) is 1.01. The molecule has 0 radical (unpaired) electrons. The van der Waals surface area contributed by atoms with Gasteiger partial charge in [0, 0.05) is 22.1 Å². The van der Waals surface area contributed by atoms with Crippen molar-refractivity contribution in [2.75, 3.05) is 0 Å². The lowest BCUT2D eigenvalue weighted by molar-refractivity contribution is 0.0706. The van der Waals surface area contributed by atoms with Crippen LogP contribution in [0.15, 0.2) is 65.0 Å². The molecule has 0 saturated carbocycles. The zero-order valence-corrected chi connectivity index (χ0v) is 13.3. The zero-order valence-electron chi connectivity index (χ0n) is 12.5. The van der Waals surface area contributed by atoms with E-state index in [-0.39, 0.29) is 10.5 Å². The number of hydroxylamine groups is 1. The molecule has 0 aliphatic carbocycles. The number of rotatable bonds is 2. The Morgan fingerprint density at radius 1 is 1.04 bits per heavy atom. The molecule has 24 heavy (non-hydrogen) atoms. The summed E-state index contributed by atoms with van der Waals surface area (Å²) < 4.78 is 5.99. The highest BCUT2D eigenvalue weighted by Crippen LogP contribution is 2.45. The molecule has 1 amide bonds. The predicted molar refractivity (Wildman–Crippen MR) is 93.3 cm³/mol. The van der Waals surface area contributed by atoms with Crippen LogP contribution in [0.5, 0.6) is 11.5 Å². The fourth-order valence-electron chi connectivity index (χ4n) is 2.52. The molecule has 1 aliphatic heterocycles. The van der Waals surface area contributed by atoms with Crippen LogP contribution in [0.25, 0.3) is 4.90 Å². The number of fused-ring (bicyclic) bond motifs is 2. The highest BCUT2D eigenvalue weighted by atomic mass is 32.2. The molecule has 1 aromatic heterocycles. The highest BCUT2D eigenvalue weighted by Gasteiger charge is 2.25. The summed E-state index contributed by atoms with van der Waals surface area (Å²) in [6, 6.07) is 16.7. The fourth-order valence-corrected chi connectivity index (χ4v) is 4.26. The second-order valence-corrected chi connectivity index (χ2v) is 7.02. The molecule has 5 nitrogen and oxygen atoms in total. The monoisotopic (exact) mass is 337 g/mol. The van der Waals surface area contributed by atoms with Crippen LogP contribution >= 0.6 is 10.5 Å². The minimum Gasteiger partial charge on any atom is -0.449 e. The van der Waals surface area contributed by atoms with E-state index in [0.717, 1.165) is 27.0 Å². The number of hydrogen-bond acceptors (Lipinski definition) is 4. The van der Waals surface area contributed by atoms with Gasteiger partial charge in [-0.3, -0.25) is 10.0 Å². The molecule has 2 aromatic carbocycles. The average Bonchev–Trinajstić information content (AvgIpc) is 2.93. The van der Waals surface area contributed by atoms with Crippen molar-refractivity contribution in [2.45, 2.75) is 0 Å². The number of carbonyl (C=O) groups is 1. The summed E-state index contributed by atoms with van der Waals surface area (Å²) in [5.41, 5.74) is 2.84. The number of thiophene rings is 1. The summed E-state index contributed by atoms with van der Waals surface area (Å²) >= 11 is 0. The molecule has 1 aliphatic rings. The number of carbonyl (C=O) groups excluding carboxylic acids is 1. The lowest BCUT2D eigenvalue weighted by Gasteiger charge is -2.02. The van der Waals surface area contributed by atoms with Gasteiger partial charge in [-0.2, -0.15) is 0 Å². The fraction of sp³-hybridized carbons (Fsp3) is 0. The van der Waals surface area contributed by atoms with Crippen LogP contribution in [0.4, 0.5) is 5.69 Å². The molecular weight excluding hydrogens is 324 g/mol. The van der Waals surface area contributed by atoms with Crippen LogP contribution in [0, 0.1) is 0 Å². The van der Waals surface area contributed by atoms with Crippen molar-refractivity contribution in [1.82, 2.24) is 5.48 Å². The van der Waals surface area contributed by atoms with E-state index in [4.69, 9.17) is 9.94 Å². The van der Waals surface area contributed by atoms with Crippen LogP contribution < -0.4 is 10.2 Å². The number of nitrogens with zero attached hydrogens (tertiary/aromatic N) is 1. The van der Waals surface area contributed by atoms with E-state index in [9.17, 15) is 4.79 Å². The first kappa shape index (κ1) is 14.6. The Hall–Kier alpha value is -2.96. The van der Waals surface area contributed by atoms with Gasteiger partial charge in [-0.25, -0.2) is 10.5 Å². The van der Waals surface area contributed by atoms with Gasteiger partial charge < -0.3 is 4.74 Å². The second-order valence-electron chi connectivity index (χ2n) is 5.16. The number of nitrogens with one attached hydrogen (secondary N) is 1. The zero-order chi connectivity index (χ0) is 16.5. The summed E-state index contributed by atoms with van der Waals surface area (Å²) in [6.45, 7) is 0. The third-order valence-corrected chi connectivity index (χ3v) is 5.68. The number of para-hydroxylation sites is 2. The van der Waals surface area contributed by atoms with E-state index in [1.165, 1.54) is 0 Å². The number of aliphatic imine (C=N–C) groups is 1. The summed E-state index contributed by atoms with van der Waals surface area (Å²) in [6.07, 6.45) is 1.85. The van der Waals surface area contributed by atoms with Crippen molar-refractivity contribution in [1.29, 1.82) is 0 Å². The van der Waals surface area contributed by atoms with Gasteiger partial charge >= 0.3 is 0 Å². The number of amides is 1. The molecule has 0 fully saturated rings. The number of benzene rings is 2. The van der Waals surface area contributed by atoms with Crippen molar-refractivity contribution in [3.63, 3.8) is 0 Å². The maximum absolute atomic E-state index is 11.4. The maximum Gasteiger partial charge on any atom is 0.274 e. The third-order valence-electron chi connectivity index (χ3n) is 3.71. The lowest BCUT2D eigenvalue weighted by atomic mass is 10.2. The summed E-state index contributed by atoms with van der Waals surface area (Å²) in [7, 11) is -0.299. The second kappa shape index (κ2) is 5.92. The Balaban J connectivity index is 1.73. The average molecular weight is 337 g/mol. The smallest absolute Gasteiger partial charge is 0.274 e. The number of ether oxygens (including phenoxy) is 1. The maximum atomic E-state index is 11.4. The van der Waals surface area contributed by atoms with Gasteiger partial charge in [-0.1, -0.05) is 12.1 Å². The van der Waals surface area contributed by atoms with Gasteiger partial charge in [0.2, 0.25) is 4.88 Å². The molecule has 0 spiro atoms. The Bertz CT molecular complexity index is 945. The minimum absolute atomic E-state index is 0.299. The van der Waals surface area contributed by atoms with Crippen LogP contribution in [-0.2, 0) is 0 Å². The van der Waals surface area contributed by atoms with Crippen LogP contribution in [0.3, 0.4) is 0 Å². The molecule has 1 atom stereocenters. The van der Waals surface area contributed by atoms with Crippen molar-refractivity contribution >= 4 is 28.3 Å². The quantitative estimate of drug-likeness (QED) is 0.323. The minimum atomic E-state index is -0.526. The Morgan fingerprint density at radius 2 is 1.83 bits per heavy atom. The molecule has 6 heteroatoms. The summed E-state index contributed by atoms with van der Waals surface area (Å²) in [4.78, 5) is 18.0. The van der Waals surface area contributed by atoms with Crippen molar-refractivity contribution < 1.29 is 14.7 Å². The molecule has 0 saturated heterocycles. The summed E-state index contributed by atoms with van der Waals surface area (Å²) in [5, 5.41) is 10.8. The normalized spacial score (nSPS) is 12.6. The van der Waals surface area contributed by atoms with Crippen LogP contribution in [0.2, 0.25) is 0 Å². The van der Waals surface area contributed by atoms with E-state index in [1.54, 1.807) is 17.6 Å². The Labute approximate surface area is 140 Å². The SMILES string of the molecule is O=C(NO)c1ccc(-[s+]2ccc3c2C=Nc2ccccc2O3)cc1. The van der Waals surface area contributed by atoms with E-state index in [2.05, 4.69) is 10.4 Å². The standard InChI is InChI=1S/C18H12N2O3S/c21-18(20-22)12-5-7-13(8-6-12)24-10-9-16-17(24)11-19-14-3-1-2-4-15(14)23-16/h1-11H,(H-,20,21,22)/p+1. The van der Waals surface area contributed by atoms with Gasteiger partial charge in [-0.05, 0) is 36.4 Å². The van der Waals surface area contributed by atoms with Crippen LogP contribution in [0.1, 0.15) is 15.2 Å². The Kier molecular flexibility index (Phi) is 3.60. The van der Waals surface area contributed by atoms with Crippen molar-refractivity contribution in [2.24, 2.45) is 4.99 Å². The predicted octanol–water partition coefficient (Wildman–Crippen LogP) is 4.40. The third kappa shape index (κ3) is 2.47. The first-order chi connectivity index (χ1) is 11.8. The highest BCUT2D eigenvalue weighted by molar-refractivity contribution is 7.39. The van der Waals surface area contributed by atoms with Gasteiger partial charge in [0.25, 0.3) is 5.91 Å². The van der Waals surface area contributed by atoms with Gasteiger partial charge in [0.15, 0.2) is 16.4 Å². The molecular formula is C18H13N2O3S+. The lowest BCUT2D eigenvalue weighted by Crippen LogP contribution is -2.18. The first-order valence-electron chi connectivity index (χ1n) is 7.27. The molecule has 2 N–H and O–H groups in total. The van der Waals surface area contributed by atoms with Crippen LogP contribution in [-0.4, -0.2) is 17.3 Å². The number of hydrogen-bond donors (Lipinski definition) is 2. The van der Waals surface area contributed by atoms with Crippen molar-refractivity contribution in [3.8, 4) is 16.4 Å². The molecule has 4 rings (SSSR count).